The molecule has 0 aromatic carbocycles. The molecule has 0 spiro atoms. The Labute approximate surface area is 112 Å². The molecule has 0 atom stereocenters. The largest absolute Gasteiger partial charge is 0.351 e. The Hall–Kier alpha value is -0.580. The van der Waals surface area contributed by atoms with E-state index >= 15 is 0 Å². The van der Waals surface area contributed by atoms with Crippen molar-refractivity contribution in [2.45, 2.75) is 39.3 Å². The van der Waals surface area contributed by atoms with Gasteiger partial charge in [-0.2, -0.15) is 0 Å². The normalized spacial score (nSPS) is 10.8. The Morgan fingerprint density at radius 2 is 2.24 bits per heavy atom. The highest BCUT2D eigenvalue weighted by Gasteiger charge is 2.03. The molecular formula is C12H19ClN2OS. The first kappa shape index (κ1) is 14.5. The lowest BCUT2D eigenvalue weighted by molar-refractivity contribution is -0.121. The molecule has 1 aromatic heterocycles. The lowest BCUT2D eigenvalue weighted by Crippen LogP contribution is -2.26. The third kappa shape index (κ3) is 6.66. The van der Waals surface area contributed by atoms with Crippen LogP contribution < -0.4 is 10.6 Å². The number of amides is 1. The molecule has 2 N–H and O–H groups in total. The number of hydrogen-bond acceptors (Lipinski definition) is 3. The maximum atomic E-state index is 11.5. The molecule has 1 amide bonds. The summed E-state index contributed by atoms with van der Waals surface area (Å²) in [4.78, 5) is 12.6. The lowest BCUT2D eigenvalue weighted by Gasteiger charge is -2.07. The van der Waals surface area contributed by atoms with Crippen molar-refractivity contribution in [2.24, 2.45) is 0 Å². The molecule has 0 aliphatic heterocycles. The molecule has 0 aliphatic carbocycles. The molecule has 0 aliphatic rings. The molecule has 0 unspecified atom stereocenters. The van der Waals surface area contributed by atoms with Gasteiger partial charge in [0.05, 0.1) is 10.9 Å². The number of carbonyl (C=O) groups excluding carboxylic acids is 1. The molecule has 17 heavy (non-hydrogen) atoms. The average Bonchev–Trinajstić information content (AvgIpc) is 2.67. The molecular weight excluding hydrogens is 256 g/mol. The predicted octanol–water partition coefficient (Wildman–Crippen LogP) is 2.80. The zero-order chi connectivity index (χ0) is 12.7. The van der Waals surface area contributed by atoms with Crippen molar-refractivity contribution in [1.29, 1.82) is 0 Å². The number of carbonyl (C=O) groups is 1. The van der Waals surface area contributed by atoms with E-state index < -0.39 is 0 Å². The third-order valence-electron chi connectivity index (χ3n) is 2.22. The van der Waals surface area contributed by atoms with E-state index in [-0.39, 0.29) is 5.91 Å². The van der Waals surface area contributed by atoms with Crippen LogP contribution in [0.2, 0.25) is 4.34 Å². The predicted molar refractivity (Wildman–Crippen MR) is 73.5 cm³/mol. The molecule has 1 aromatic rings. The summed E-state index contributed by atoms with van der Waals surface area (Å²) in [6.07, 6.45) is 1.44. The summed E-state index contributed by atoms with van der Waals surface area (Å²) >= 11 is 7.31. The monoisotopic (exact) mass is 274 g/mol. The fourth-order valence-corrected chi connectivity index (χ4v) is 2.39. The van der Waals surface area contributed by atoms with Gasteiger partial charge in [-0.05, 0) is 25.1 Å². The number of thiophene rings is 1. The molecule has 0 saturated carbocycles. The van der Waals surface area contributed by atoms with E-state index in [1.54, 1.807) is 0 Å². The van der Waals surface area contributed by atoms with Crippen LogP contribution in [0.5, 0.6) is 0 Å². The number of rotatable bonds is 7. The number of halogens is 1. The first-order valence-electron chi connectivity index (χ1n) is 5.82. The maximum absolute atomic E-state index is 11.5. The second kappa shape index (κ2) is 7.69. The molecule has 3 nitrogen and oxygen atoms in total. The van der Waals surface area contributed by atoms with Crippen molar-refractivity contribution >= 4 is 28.8 Å². The molecule has 0 radical (unpaired) electrons. The van der Waals surface area contributed by atoms with Crippen LogP contribution in [0.15, 0.2) is 12.1 Å². The average molecular weight is 275 g/mol. The standard InChI is InChI=1S/C12H19ClN2OS/c1-9(2)14-7-3-4-12(16)15-8-10-5-6-11(13)17-10/h5-6,9,14H,3-4,7-8H2,1-2H3,(H,15,16). The zero-order valence-electron chi connectivity index (χ0n) is 10.3. The summed E-state index contributed by atoms with van der Waals surface area (Å²) in [5, 5.41) is 6.17. The van der Waals surface area contributed by atoms with E-state index in [9.17, 15) is 4.79 Å². The molecule has 1 heterocycles. The van der Waals surface area contributed by atoms with Gasteiger partial charge in [-0.25, -0.2) is 0 Å². The van der Waals surface area contributed by atoms with E-state index in [1.807, 2.05) is 12.1 Å². The van der Waals surface area contributed by atoms with E-state index in [2.05, 4.69) is 24.5 Å². The zero-order valence-corrected chi connectivity index (χ0v) is 11.8. The van der Waals surface area contributed by atoms with Crippen LogP contribution in [0.25, 0.3) is 0 Å². The van der Waals surface area contributed by atoms with Crippen molar-refractivity contribution in [2.75, 3.05) is 6.54 Å². The van der Waals surface area contributed by atoms with Gasteiger partial charge in [0.1, 0.15) is 0 Å². The van der Waals surface area contributed by atoms with E-state index in [1.165, 1.54) is 11.3 Å². The Balaban J connectivity index is 2.09. The van der Waals surface area contributed by atoms with Gasteiger partial charge < -0.3 is 10.6 Å². The molecule has 0 bridgehead atoms. The van der Waals surface area contributed by atoms with Gasteiger partial charge in [-0.15, -0.1) is 11.3 Å². The maximum Gasteiger partial charge on any atom is 0.220 e. The number of hydrogen-bond donors (Lipinski definition) is 2. The summed E-state index contributed by atoms with van der Waals surface area (Å²) in [7, 11) is 0. The SMILES string of the molecule is CC(C)NCCCC(=O)NCc1ccc(Cl)s1. The van der Waals surface area contributed by atoms with Gasteiger partial charge in [0.15, 0.2) is 0 Å². The first-order chi connectivity index (χ1) is 8.08. The molecule has 96 valence electrons. The Morgan fingerprint density at radius 3 is 2.82 bits per heavy atom. The van der Waals surface area contributed by atoms with E-state index in [0.717, 1.165) is 22.2 Å². The Morgan fingerprint density at radius 1 is 1.47 bits per heavy atom. The minimum atomic E-state index is 0.0973. The fourth-order valence-electron chi connectivity index (χ4n) is 1.36. The first-order valence-corrected chi connectivity index (χ1v) is 7.01. The second-order valence-corrected chi connectivity index (χ2v) is 5.99. The van der Waals surface area contributed by atoms with Gasteiger partial charge >= 0.3 is 0 Å². The van der Waals surface area contributed by atoms with Crippen molar-refractivity contribution in [3.63, 3.8) is 0 Å². The van der Waals surface area contributed by atoms with Gasteiger partial charge in [-0.1, -0.05) is 25.4 Å². The highest BCUT2D eigenvalue weighted by Crippen LogP contribution is 2.20. The molecule has 0 saturated heterocycles. The van der Waals surface area contributed by atoms with Crippen LogP contribution in [-0.4, -0.2) is 18.5 Å². The van der Waals surface area contributed by atoms with Gasteiger partial charge in [0, 0.05) is 17.3 Å². The quantitative estimate of drug-likeness (QED) is 0.751. The van der Waals surface area contributed by atoms with Crippen molar-refractivity contribution in [3.8, 4) is 0 Å². The lowest BCUT2D eigenvalue weighted by atomic mass is 10.2. The summed E-state index contributed by atoms with van der Waals surface area (Å²) in [5.74, 6) is 0.0973. The Kier molecular flexibility index (Phi) is 6.55. The Bertz CT molecular complexity index is 352. The highest BCUT2D eigenvalue weighted by molar-refractivity contribution is 7.16. The minimum Gasteiger partial charge on any atom is -0.351 e. The van der Waals surface area contributed by atoms with Crippen LogP contribution in [0.4, 0.5) is 0 Å². The van der Waals surface area contributed by atoms with Crippen LogP contribution >= 0.6 is 22.9 Å². The smallest absolute Gasteiger partial charge is 0.220 e. The minimum absolute atomic E-state index is 0.0973. The highest BCUT2D eigenvalue weighted by atomic mass is 35.5. The number of nitrogens with one attached hydrogen (secondary N) is 2. The van der Waals surface area contributed by atoms with Crippen LogP contribution in [-0.2, 0) is 11.3 Å². The topological polar surface area (TPSA) is 41.1 Å². The molecule has 1 rings (SSSR count). The molecule has 5 heteroatoms. The summed E-state index contributed by atoms with van der Waals surface area (Å²) in [6.45, 7) is 5.66. The van der Waals surface area contributed by atoms with Crippen molar-refractivity contribution < 1.29 is 4.79 Å². The van der Waals surface area contributed by atoms with Crippen LogP contribution in [0.3, 0.4) is 0 Å². The van der Waals surface area contributed by atoms with Crippen LogP contribution in [0, 0.1) is 0 Å². The summed E-state index contributed by atoms with van der Waals surface area (Å²) < 4.78 is 0.760. The second-order valence-electron chi connectivity index (χ2n) is 4.19. The summed E-state index contributed by atoms with van der Waals surface area (Å²) in [6, 6.07) is 4.26. The molecule has 0 fully saturated rings. The van der Waals surface area contributed by atoms with Gasteiger partial charge in [0.2, 0.25) is 5.91 Å². The van der Waals surface area contributed by atoms with Crippen molar-refractivity contribution in [1.82, 2.24) is 10.6 Å². The van der Waals surface area contributed by atoms with Gasteiger partial charge in [0.25, 0.3) is 0 Å². The van der Waals surface area contributed by atoms with Crippen molar-refractivity contribution in [3.05, 3.63) is 21.3 Å². The van der Waals surface area contributed by atoms with Crippen LogP contribution in [0.1, 0.15) is 31.6 Å². The van der Waals surface area contributed by atoms with Gasteiger partial charge in [-0.3, -0.25) is 4.79 Å². The summed E-state index contributed by atoms with van der Waals surface area (Å²) in [5.41, 5.74) is 0. The van der Waals surface area contributed by atoms with E-state index in [0.29, 0.717) is 19.0 Å². The fraction of sp³-hybridized carbons (Fsp3) is 0.583. The third-order valence-corrected chi connectivity index (χ3v) is 3.45. The van der Waals surface area contributed by atoms with E-state index in [4.69, 9.17) is 11.6 Å².